The number of hydrogen-bond donors (Lipinski definition) is 0. The van der Waals surface area contributed by atoms with Gasteiger partial charge in [0.05, 0.1) is 0 Å². The first kappa shape index (κ1) is 10.8. The van der Waals surface area contributed by atoms with Crippen molar-refractivity contribution in [3.63, 3.8) is 0 Å². The molecule has 0 spiro atoms. The van der Waals surface area contributed by atoms with Gasteiger partial charge < -0.3 is 0 Å². The van der Waals surface area contributed by atoms with E-state index in [-0.39, 0.29) is 0 Å². The topological polar surface area (TPSA) is 25.8 Å². The van der Waals surface area contributed by atoms with Crippen LogP contribution in [0.4, 0.5) is 0 Å². The minimum absolute atomic E-state index is 0.766. The first-order chi connectivity index (χ1) is 7.74. The van der Waals surface area contributed by atoms with E-state index in [1.165, 1.54) is 16.7 Å². The van der Waals surface area contributed by atoms with E-state index in [1.807, 2.05) is 12.1 Å². The van der Waals surface area contributed by atoms with Crippen molar-refractivity contribution in [3.8, 4) is 11.4 Å². The van der Waals surface area contributed by atoms with Crippen LogP contribution >= 0.6 is 0 Å². The molecule has 1 radical (unpaired) electrons. The van der Waals surface area contributed by atoms with Crippen molar-refractivity contribution in [1.82, 2.24) is 9.97 Å². The predicted octanol–water partition coefficient (Wildman–Crippen LogP) is 3.12. The normalized spacial score (nSPS) is 10.4. The molecular weight excluding hydrogens is 196 g/mol. The van der Waals surface area contributed by atoms with Gasteiger partial charge in [-0.3, -0.25) is 0 Å². The maximum absolute atomic E-state index is 4.29. The van der Waals surface area contributed by atoms with Gasteiger partial charge in [-0.05, 0) is 49.1 Å². The number of nitrogens with zero attached hydrogens (tertiary/aromatic N) is 2. The monoisotopic (exact) mass is 211 g/mol. The summed E-state index contributed by atoms with van der Waals surface area (Å²) >= 11 is 0. The molecule has 0 aliphatic rings. The summed E-state index contributed by atoms with van der Waals surface area (Å²) in [6.45, 7) is 6.41. The molecule has 0 amide bonds. The Bertz CT molecular complexity index is 490. The lowest BCUT2D eigenvalue weighted by Crippen LogP contribution is -1.97. The van der Waals surface area contributed by atoms with Crippen LogP contribution in [0.3, 0.4) is 0 Å². The molecule has 1 aromatic heterocycles. The van der Waals surface area contributed by atoms with Gasteiger partial charge in [-0.15, -0.1) is 0 Å². The summed E-state index contributed by atoms with van der Waals surface area (Å²) in [5, 5.41) is 0. The minimum Gasteiger partial charge on any atom is -0.237 e. The molecule has 0 aliphatic heterocycles. The standard InChI is InChI=1S/C14H15N2/c1-4-12-11(3)10(2)6-7-13(12)14-15-8-5-9-16-14/h5-6,8-9H,4H2,1-3H3. The van der Waals surface area contributed by atoms with Gasteiger partial charge in [0.2, 0.25) is 0 Å². The fourth-order valence-corrected chi connectivity index (χ4v) is 1.87. The van der Waals surface area contributed by atoms with Gasteiger partial charge in [0, 0.05) is 18.0 Å². The average Bonchev–Trinajstić information content (AvgIpc) is 2.33. The molecule has 0 N–H and O–H groups in total. The van der Waals surface area contributed by atoms with Crippen LogP contribution in [0.15, 0.2) is 24.5 Å². The Morgan fingerprint density at radius 2 is 1.88 bits per heavy atom. The zero-order valence-corrected chi connectivity index (χ0v) is 9.91. The van der Waals surface area contributed by atoms with E-state index in [0.717, 1.165) is 17.8 Å². The van der Waals surface area contributed by atoms with Crippen LogP contribution < -0.4 is 0 Å². The summed E-state index contributed by atoms with van der Waals surface area (Å²) in [5.74, 6) is 0.766. The van der Waals surface area contributed by atoms with Gasteiger partial charge in [-0.1, -0.05) is 13.0 Å². The van der Waals surface area contributed by atoms with Crippen LogP contribution in [0.25, 0.3) is 11.4 Å². The Kier molecular flexibility index (Phi) is 3.00. The third-order valence-corrected chi connectivity index (χ3v) is 2.92. The lowest BCUT2D eigenvalue weighted by atomic mass is 9.95. The highest BCUT2D eigenvalue weighted by molar-refractivity contribution is 5.62. The van der Waals surface area contributed by atoms with E-state index >= 15 is 0 Å². The number of rotatable bonds is 2. The molecule has 2 heteroatoms. The molecule has 0 unspecified atom stereocenters. The Morgan fingerprint density at radius 3 is 2.50 bits per heavy atom. The van der Waals surface area contributed by atoms with Gasteiger partial charge >= 0.3 is 0 Å². The summed E-state index contributed by atoms with van der Waals surface area (Å²) in [7, 11) is 0. The Labute approximate surface area is 96.4 Å². The molecule has 1 aromatic carbocycles. The third kappa shape index (κ3) is 1.83. The first-order valence-corrected chi connectivity index (χ1v) is 5.52. The van der Waals surface area contributed by atoms with E-state index < -0.39 is 0 Å². The second-order valence-corrected chi connectivity index (χ2v) is 3.88. The number of benzene rings is 1. The van der Waals surface area contributed by atoms with Crippen molar-refractivity contribution >= 4 is 0 Å². The summed E-state index contributed by atoms with van der Waals surface area (Å²) in [6.07, 6.45) is 4.52. The fraction of sp³-hybridized carbons (Fsp3) is 0.286. The highest BCUT2D eigenvalue weighted by Crippen LogP contribution is 2.25. The van der Waals surface area contributed by atoms with Crippen LogP contribution in [0.5, 0.6) is 0 Å². The zero-order valence-electron chi connectivity index (χ0n) is 9.91. The van der Waals surface area contributed by atoms with Crippen LogP contribution in [0.1, 0.15) is 23.6 Å². The number of hydrogen-bond acceptors (Lipinski definition) is 2. The quantitative estimate of drug-likeness (QED) is 0.762. The predicted molar refractivity (Wildman–Crippen MR) is 65.2 cm³/mol. The molecule has 0 fully saturated rings. The molecule has 2 aromatic rings. The van der Waals surface area contributed by atoms with E-state index in [0.29, 0.717) is 0 Å². The molecule has 16 heavy (non-hydrogen) atoms. The lowest BCUT2D eigenvalue weighted by Gasteiger charge is -2.11. The Morgan fingerprint density at radius 1 is 1.19 bits per heavy atom. The molecule has 0 saturated carbocycles. The smallest absolute Gasteiger partial charge is 0.160 e. The fourth-order valence-electron chi connectivity index (χ4n) is 1.87. The van der Waals surface area contributed by atoms with Crippen molar-refractivity contribution < 1.29 is 0 Å². The van der Waals surface area contributed by atoms with Crippen molar-refractivity contribution in [3.05, 3.63) is 47.3 Å². The number of aromatic nitrogens is 2. The highest BCUT2D eigenvalue weighted by atomic mass is 14.9. The van der Waals surface area contributed by atoms with E-state index in [4.69, 9.17) is 0 Å². The van der Waals surface area contributed by atoms with Gasteiger partial charge in [0.15, 0.2) is 5.82 Å². The molecule has 0 bridgehead atoms. The molecule has 0 aliphatic carbocycles. The Hall–Kier alpha value is -1.70. The lowest BCUT2D eigenvalue weighted by molar-refractivity contribution is 1.07. The van der Waals surface area contributed by atoms with Crippen LogP contribution in [0.2, 0.25) is 0 Å². The second-order valence-electron chi connectivity index (χ2n) is 3.88. The SMILES string of the molecule is CCc1c(-c2ncccn2)[c]cc(C)c1C. The van der Waals surface area contributed by atoms with Crippen molar-refractivity contribution in [2.75, 3.05) is 0 Å². The maximum Gasteiger partial charge on any atom is 0.160 e. The van der Waals surface area contributed by atoms with E-state index in [1.54, 1.807) is 12.4 Å². The highest BCUT2D eigenvalue weighted by Gasteiger charge is 2.10. The van der Waals surface area contributed by atoms with Gasteiger partial charge in [-0.25, -0.2) is 9.97 Å². The molecule has 1 heterocycles. The van der Waals surface area contributed by atoms with Gasteiger partial charge in [0.25, 0.3) is 0 Å². The number of aryl methyl sites for hydroxylation is 1. The molecule has 81 valence electrons. The Balaban J connectivity index is 2.62. The van der Waals surface area contributed by atoms with Gasteiger partial charge in [0.1, 0.15) is 0 Å². The van der Waals surface area contributed by atoms with Crippen molar-refractivity contribution in [2.45, 2.75) is 27.2 Å². The molecule has 0 atom stereocenters. The van der Waals surface area contributed by atoms with Crippen LogP contribution in [-0.4, -0.2) is 9.97 Å². The third-order valence-electron chi connectivity index (χ3n) is 2.92. The summed E-state index contributed by atoms with van der Waals surface area (Å²) in [5.41, 5.74) is 4.93. The molecular formula is C14H15N2. The summed E-state index contributed by atoms with van der Waals surface area (Å²) in [4.78, 5) is 8.57. The molecule has 2 rings (SSSR count). The van der Waals surface area contributed by atoms with Crippen molar-refractivity contribution in [2.24, 2.45) is 0 Å². The second kappa shape index (κ2) is 4.44. The minimum atomic E-state index is 0.766. The first-order valence-electron chi connectivity index (χ1n) is 5.52. The average molecular weight is 211 g/mol. The zero-order chi connectivity index (χ0) is 11.5. The van der Waals surface area contributed by atoms with E-state index in [9.17, 15) is 0 Å². The van der Waals surface area contributed by atoms with Crippen molar-refractivity contribution in [1.29, 1.82) is 0 Å². The van der Waals surface area contributed by atoms with Crippen LogP contribution in [-0.2, 0) is 6.42 Å². The molecule has 2 nitrogen and oxygen atoms in total. The molecule has 0 saturated heterocycles. The maximum atomic E-state index is 4.29. The van der Waals surface area contributed by atoms with Crippen LogP contribution in [0, 0.1) is 19.9 Å². The van der Waals surface area contributed by atoms with E-state index in [2.05, 4.69) is 36.8 Å². The largest absolute Gasteiger partial charge is 0.237 e. The van der Waals surface area contributed by atoms with Gasteiger partial charge in [-0.2, -0.15) is 0 Å². The summed E-state index contributed by atoms with van der Waals surface area (Å²) in [6, 6.07) is 7.13. The summed E-state index contributed by atoms with van der Waals surface area (Å²) < 4.78 is 0.